The third-order valence-electron chi connectivity index (χ3n) is 4.63. The van der Waals surface area contributed by atoms with Crippen LogP contribution in [0.3, 0.4) is 0 Å². The van der Waals surface area contributed by atoms with Crippen LogP contribution < -0.4 is 10.6 Å². The fourth-order valence-corrected chi connectivity index (χ4v) is 3.23. The zero-order valence-corrected chi connectivity index (χ0v) is 16.1. The van der Waals surface area contributed by atoms with Gasteiger partial charge in [0.1, 0.15) is 0 Å². The van der Waals surface area contributed by atoms with E-state index in [-0.39, 0.29) is 17.7 Å². The molecule has 0 saturated carbocycles. The smallest absolute Gasteiger partial charge is 0.193 e. The van der Waals surface area contributed by atoms with Gasteiger partial charge in [-0.15, -0.1) is 0 Å². The highest BCUT2D eigenvalue weighted by molar-refractivity contribution is 5.80. The molecule has 1 unspecified atom stereocenters. The van der Waals surface area contributed by atoms with Gasteiger partial charge in [0.05, 0.1) is 12.6 Å². The van der Waals surface area contributed by atoms with E-state index in [9.17, 15) is 5.11 Å². The summed E-state index contributed by atoms with van der Waals surface area (Å²) in [7, 11) is 0. The predicted molar refractivity (Wildman–Crippen MR) is 105 cm³/mol. The molecular formula is C20H34N4O. The van der Waals surface area contributed by atoms with Crippen LogP contribution in [0.1, 0.15) is 52.1 Å². The number of nitrogens with one attached hydrogen (secondary N) is 2. The summed E-state index contributed by atoms with van der Waals surface area (Å²) in [5.41, 5.74) is 1.18. The second kappa shape index (κ2) is 9.20. The molecule has 1 saturated heterocycles. The third kappa shape index (κ3) is 6.33. The standard InChI is InChI=1S/C20H34N4O/c1-5-21-19(24-13-11-18(25)12-14-24)22-15-20(3,4)23-16(2)17-9-7-6-8-10-17/h6-10,16,18,23,25H,5,11-15H2,1-4H3,(H,21,22). The van der Waals surface area contributed by atoms with Crippen molar-refractivity contribution in [1.82, 2.24) is 15.5 Å². The van der Waals surface area contributed by atoms with E-state index in [4.69, 9.17) is 4.99 Å². The number of aliphatic hydroxyl groups is 1. The molecule has 0 aliphatic carbocycles. The second-order valence-corrected chi connectivity index (χ2v) is 7.55. The van der Waals surface area contributed by atoms with Crippen molar-refractivity contribution in [1.29, 1.82) is 0 Å². The molecule has 3 N–H and O–H groups in total. The molecule has 5 nitrogen and oxygen atoms in total. The summed E-state index contributed by atoms with van der Waals surface area (Å²) in [4.78, 5) is 7.12. The minimum absolute atomic E-state index is 0.106. The van der Waals surface area contributed by atoms with Gasteiger partial charge in [-0.3, -0.25) is 4.99 Å². The maximum atomic E-state index is 9.71. The number of nitrogens with zero attached hydrogens (tertiary/aromatic N) is 2. The summed E-state index contributed by atoms with van der Waals surface area (Å²) in [6.45, 7) is 12.0. The van der Waals surface area contributed by atoms with Gasteiger partial charge in [0.2, 0.25) is 0 Å². The number of aliphatic hydroxyl groups excluding tert-OH is 1. The molecule has 1 fully saturated rings. The van der Waals surface area contributed by atoms with Crippen LogP contribution in [0.4, 0.5) is 0 Å². The fourth-order valence-electron chi connectivity index (χ4n) is 3.23. The minimum Gasteiger partial charge on any atom is -0.393 e. The van der Waals surface area contributed by atoms with Crippen molar-refractivity contribution in [3.05, 3.63) is 35.9 Å². The molecular weight excluding hydrogens is 312 g/mol. The summed E-state index contributed by atoms with van der Waals surface area (Å²) in [5, 5.41) is 16.8. The molecule has 2 rings (SSSR count). The van der Waals surface area contributed by atoms with Crippen LogP contribution in [0.15, 0.2) is 35.3 Å². The highest BCUT2D eigenvalue weighted by Crippen LogP contribution is 2.17. The number of aliphatic imine (C=N–C) groups is 1. The number of guanidine groups is 1. The van der Waals surface area contributed by atoms with E-state index in [1.165, 1.54) is 5.56 Å². The summed E-state index contributed by atoms with van der Waals surface area (Å²) < 4.78 is 0. The summed E-state index contributed by atoms with van der Waals surface area (Å²) in [5.74, 6) is 0.955. The quantitative estimate of drug-likeness (QED) is 0.547. The van der Waals surface area contributed by atoms with Crippen molar-refractivity contribution in [2.75, 3.05) is 26.2 Å². The lowest BCUT2D eigenvalue weighted by molar-refractivity contribution is 0.108. The van der Waals surface area contributed by atoms with Crippen LogP contribution in [0.5, 0.6) is 0 Å². The Hall–Kier alpha value is -1.59. The molecule has 0 aromatic heterocycles. The molecule has 25 heavy (non-hydrogen) atoms. The fraction of sp³-hybridized carbons (Fsp3) is 0.650. The average molecular weight is 347 g/mol. The first-order valence-electron chi connectivity index (χ1n) is 9.45. The first-order valence-corrected chi connectivity index (χ1v) is 9.45. The Bertz CT molecular complexity index is 536. The number of hydrogen-bond acceptors (Lipinski definition) is 3. The summed E-state index contributed by atoms with van der Waals surface area (Å²) in [6, 6.07) is 10.8. The molecule has 0 radical (unpaired) electrons. The van der Waals surface area contributed by atoms with Gasteiger partial charge in [-0.1, -0.05) is 30.3 Å². The lowest BCUT2D eigenvalue weighted by atomic mass is 10.0. The highest BCUT2D eigenvalue weighted by Gasteiger charge is 2.23. The van der Waals surface area contributed by atoms with Gasteiger partial charge < -0.3 is 20.6 Å². The molecule has 1 heterocycles. The van der Waals surface area contributed by atoms with Crippen LogP contribution in [0, 0.1) is 0 Å². The van der Waals surface area contributed by atoms with E-state index in [0.717, 1.165) is 38.4 Å². The number of rotatable bonds is 6. The Balaban J connectivity index is 1.97. The van der Waals surface area contributed by atoms with Crippen LogP contribution in [-0.4, -0.2) is 53.8 Å². The number of hydrogen-bond donors (Lipinski definition) is 3. The normalized spacial score (nSPS) is 18.3. The maximum absolute atomic E-state index is 9.71. The van der Waals surface area contributed by atoms with Gasteiger partial charge >= 0.3 is 0 Å². The van der Waals surface area contributed by atoms with Crippen LogP contribution in [-0.2, 0) is 0 Å². The van der Waals surface area contributed by atoms with Gasteiger partial charge in [-0.05, 0) is 46.1 Å². The minimum atomic E-state index is -0.163. The monoisotopic (exact) mass is 346 g/mol. The Morgan fingerprint density at radius 3 is 2.52 bits per heavy atom. The van der Waals surface area contributed by atoms with E-state index in [2.05, 4.69) is 67.5 Å². The molecule has 1 aromatic carbocycles. The molecule has 5 heteroatoms. The predicted octanol–water partition coefficient (Wildman–Crippen LogP) is 2.54. The highest BCUT2D eigenvalue weighted by atomic mass is 16.3. The van der Waals surface area contributed by atoms with Gasteiger partial charge in [0.15, 0.2) is 5.96 Å². The van der Waals surface area contributed by atoms with Gasteiger partial charge in [-0.25, -0.2) is 0 Å². The average Bonchev–Trinajstić information content (AvgIpc) is 2.60. The molecule has 1 atom stereocenters. The van der Waals surface area contributed by atoms with Crippen LogP contribution >= 0.6 is 0 Å². The van der Waals surface area contributed by atoms with E-state index < -0.39 is 0 Å². The largest absolute Gasteiger partial charge is 0.393 e. The van der Waals surface area contributed by atoms with Crippen LogP contribution in [0.25, 0.3) is 0 Å². The van der Waals surface area contributed by atoms with E-state index in [1.807, 2.05) is 6.07 Å². The molecule has 0 spiro atoms. The third-order valence-corrected chi connectivity index (χ3v) is 4.63. The number of likely N-dealkylation sites (tertiary alicyclic amines) is 1. The van der Waals surface area contributed by atoms with Crippen molar-refractivity contribution in [2.24, 2.45) is 4.99 Å². The van der Waals surface area contributed by atoms with Gasteiger partial charge in [0.25, 0.3) is 0 Å². The summed E-state index contributed by atoms with van der Waals surface area (Å²) >= 11 is 0. The van der Waals surface area contributed by atoms with E-state index >= 15 is 0 Å². The lowest BCUT2D eigenvalue weighted by Crippen LogP contribution is -2.48. The molecule has 1 aliphatic heterocycles. The second-order valence-electron chi connectivity index (χ2n) is 7.55. The first kappa shape index (κ1) is 19.7. The van der Waals surface area contributed by atoms with Gasteiger partial charge in [0, 0.05) is 31.2 Å². The lowest BCUT2D eigenvalue weighted by Gasteiger charge is -2.34. The zero-order valence-electron chi connectivity index (χ0n) is 16.1. The maximum Gasteiger partial charge on any atom is 0.193 e. The topological polar surface area (TPSA) is 59.9 Å². The van der Waals surface area contributed by atoms with Crippen molar-refractivity contribution in [2.45, 2.75) is 58.2 Å². The Labute approximate surface area is 152 Å². The van der Waals surface area contributed by atoms with Crippen molar-refractivity contribution < 1.29 is 5.11 Å². The number of piperidine rings is 1. The Kier molecular flexibility index (Phi) is 7.26. The van der Waals surface area contributed by atoms with Crippen molar-refractivity contribution in [3.8, 4) is 0 Å². The van der Waals surface area contributed by atoms with Crippen molar-refractivity contribution in [3.63, 3.8) is 0 Å². The Morgan fingerprint density at radius 2 is 1.92 bits per heavy atom. The van der Waals surface area contributed by atoms with E-state index in [1.54, 1.807) is 0 Å². The van der Waals surface area contributed by atoms with Gasteiger partial charge in [-0.2, -0.15) is 0 Å². The molecule has 0 amide bonds. The van der Waals surface area contributed by atoms with Crippen molar-refractivity contribution >= 4 is 5.96 Å². The molecule has 0 bridgehead atoms. The molecule has 1 aromatic rings. The zero-order chi connectivity index (χ0) is 18.3. The Morgan fingerprint density at radius 1 is 1.28 bits per heavy atom. The summed E-state index contributed by atoms with van der Waals surface area (Å²) in [6.07, 6.45) is 1.47. The number of benzene rings is 1. The van der Waals surface area contributed by atoms with E-state index in [0.29, 0.717) is 6.54 Å². The molecule has 140 valence electrons. The first-order chi connectivity index (χ1) is 11.9. The molecule has 1 aliphatic rings. The van der Waals surface area contributed by atoms with Crippen LogP contribution in [0.2, 0.25) is 0 Å². The SMILES string of the molecule is CCNC(=NCC(C)(C)NC(C)c1ccccc1)N1CCC(O)CC1.